The summed E-state index contributed by atoms with van der Waals surface area (Å²) in [5.74, 6) is -5.62. The molecule has 0 bridgehead atoms. The van der Waals surface area contributed by atoms with E-state index in [4.69, 9.17) is 0 Å². The van der Waals surface area contributed by atoms with Crippen molar-refractivity contribution in [3.63, 3.8) is 0 Å². The third-order valence-electron chi connectivity index (χ3n) is 2.41. The Balaban J connectivity index is 0.00000289. The normalized spacial score (nSPS) is 19.5. The molecule has 0 aromatic rings. The van der Waals surface area contributed by atoms with E-state index in [2.05, 4.69) is 9.47 Å². The van der Waals surface area contributed by atoms with Gasteiger partial charge in [0.1, 0.15) is 0 Å². The van der Waals surface area contributed by atoms with Crippen LogP contribution in [0.5, 0.6) is 0 Å². The Hall–Kier alpha value is -0.610. The van der Waals surface area contributed by atoms with Gasteiger partial charge in [0.15, 0.2) is 0 Å². The van der Waals surface area contributed by atoms with Crippen LogP contribution in [0.25, 0.3) is 0 Å². The second-order valence-corrected chi connectivity index (χ2v) is 3.44. The lowest BCUT2D eigenvalue weighted by Gasteiger charge is -2.39. The first-order valence-electron chi connectivity index (χ1n) is 4.68. The van der Waals surface area contributed by atoms with E-state index < -0.39 is 31.2 Å². The van der Waals surface area contributed by atoms with Gasteiger partial charge in [0.05, 0.1) is 13.2 Å². The summed E-state index contributed by atoms with van der Waals surface area (Å²) in [6, 6.07) is -5.00. The van der Waals surface area contributed by atoms with Crippen LogP contribution in [0.1, 0.15) is 0 Å². The molecule has 0 aliphatic carbocycles. The smallest absolute Gasteiger partial charge is 0.379 e. The Bertz CT molecular complexity index is 268. The number of morpholine rings is 1. The topological polar surface area (TPSA) is 21.7 Å². The molecule has 1 heterocycles. The highest BCUT2D eigenvalue weighted by atomic mass is 19.4. The maximum absolute atomic E-state index is 13.3. The number of hydrogen-bond acceptors (Lipinski definition) is 3. The van der Waals surface area contributed by atoms with Crippen molar-refractivity contribution in [3.05, 3.63) is 0 Å². The summed E-state index contributed by atoms with van der Waals surface area (Å²) in [5.41, 5.74) is 0. The van der Waals surface area contributed by atoms with Gasteiger partial charge < -0.3 is 9.47 Å². The van der Waals surface area contributed by atoms with Crippen LogP contribution in [0.3, 0.4) is 0 Å². The standard InChI is InChI=1S/C8H11F6NO2.FH/c1-16-8(13,14)6(9,10)7(11,12)15-2-4-17-5-3-15;/h2-5H2,1H3;1H. The number of nitrogens with zero attached hydrogens (tertiary/aromatic N) is 1. The zero-order valence-corrected chi connectivity index (χ0v) is 9.27. The Morgan fingerprint density at radius 3 is 1.83 bits per heavy atom. The predicted octanol–water partition coefficient (Wildman–Crippen LogP) is 1.94. The molecule has 3 nitrogen and oxygen atoms in total. The first kappa shape index (κ1) is 17.4. The average molecular weight is 287 g/mol. The number of rotatable bonds is 4. The summed E-state index contributed by atoms with van der Waals surface area (Å²) in [4.78, 5) is -0.0383. The number of halogens is 7. The van der Waals surface area contributed by atoms with Crippen molar-refractivity contribution < 1.29 is 40.5 Å². The zero-order chi connectivity index (χ0) is 13.3. The Kier molecular flexibility index (Phi) is 5.39. The predicted molar refractivity (Wildman–Crippen MR) is 46.7 cm³/mol. The fraction of sp³-hybridized carbons (Fsp3) is 1.00. The van der Waals surface area contributed by atoms with Crippen molar-refractivity contribution in [3.8, 4) is 0 Å². The summed E-state index contributed by atoms with van der Waals surface area (Å²) in [5, 5.41) is 0. The Morgan fingerprint density at radius 1 is 1.00 bits per heavy atom. The molecule has 1 aliphatic heterocycles. The van der Waals surface area contributed by atoms with Crippen molar-refractivity contribution in [1.82, 2.24) is 4.90 Å². The highest BCUT2D eigenvalue weighted by molar-refractivity contribution is 4.92. The van der Waals surface area contributed by atoms with Crippen molar-refractivity contribution in [1.29, 1.82) is 0 Å². The summed E-state index contributed by atoms with van der Waals surface area (Å²) in [6.45, 7) is -1.54. The molecule has 0 aromatic heterocycles. The lowest BCUT2D eigenvalue weighted by Crippen LogP contribution is -2.64. The minimum absolute atomic E-state index is 0. The minimum atomic E-state index is -5.62. The van der Waals surface area contributed by atoms with Crippen LogP contribution in [-0.2, 0) is 9.47 Å². The Labute approximate surface area is 98.0 Å². The molecule has 0 saturated carbocycles. The lowest BCUT2D eigenvalue weighted by atomic mass is 10.2. The Morgan fingerprint density at radius 2 is 1.44 bits per heavy atom. The molecule has 1 fully saturated rings. The molecule has 0 atom stereocenters. The summed E-state index contributed by atoms with van der Waals surface area (Å²) in [6.07, 6.45) is -5.24. The van der Waals surface area contributed by atoms with Crippen molar-refractivity contribution in [2.45, 2.75) is 18.1 Å². The van der Waals surface area contributed by atoms with Gasteiger partial charge in [0.25, 0.3) is 0 Å². The summed E-state index contributed by atoms with van der Waals surface area (Å²) >= 11 is 0. The van der Waals surface area contributed by atoms with E-state index >= 15 is 0 Å². The van der Waals surface area contributed by atoms with E-state index in [-0.39, 0.29) is 29.9 Å². The van der Waals surface area contributed by atoms with Gasteiger partial charge in [0, 0.05) is 20.2 Å². The number of hydrogen-bond donors (Lipinski definition) is 0. The molecule has 1 rings (SSSR count). The molecule has 18 heavy (non-hydrogen) atoms. The number of alkyl halides is 6. The fourth-order valence-corrected chi connectivity index (χ4v) is 1.35. The van der Waals surface area contributed by atoms with Gasteiger partial charge in [-0.25, -0.2) is 4.90 Å². The fourth-order valence-electron chi connectivity index (χ4n) is 1.35. The van der Waals surface area contributed by atoms with Crippen LogP contribution in [0.2, 0.25) is 0 Å². The molecular weight excluding hydrogens is 275 g/mol. The first-order chi connectivity index (χ1) is 7.67. The molecule has 1 aliphatic rings. The minimum Gasteiger partial charge on any atom is -0.379 e. The SMILES string of the molecule is COC(F)(F)C(F)(F)C(F)(F)N1CCOCC1.F. The first-order valence-corrected chi connectivity index (χ1v) is 4.68. The molecule has 0 spiro atoms. The van der Waals surface area contributed by atoms with Crippen LogP contribution in [-0.4, -0.2) is 56.4 Å². The third kappa shape index (κ3) is 2.69. The molecule has 110 valence electrons. The number of methoxy groups -OCH3 is 1. The van der Waals surface area contributed by atoms with E-state index in [9.17, 15) is 26.3 Å². The maximum Gasteiger partial charge on any atom is 0.427 e. The highest BCUT2D eigenvalue weighted by Gasteiger charge is 2.74. The largest absolute Gasteiger partial charge is 0.427 e. The molecule has 0 radical (unpaired) electrons. The van der Waals surface area contributed by atoms with Gasteiger partial charge in [-0.3, -0.25) is 4.70 Å². The lowest BCUT2D eigenvalue weighted by molar-refractivity contribution is -0.420. The van der Waals surface area contributed by atoms with Crippen LogP contribution >= 0.6 is 0 Å². The van der Waals surface area contributed by atoms with E-state index in [1.54, 1.807) is 0 Å². The maximum atomic E-state index is 13.3. The van der Waals surface area contributed by atoms with Gasteiger partial charge in [-0.15, -0.1) is 0 Å². The van der Waals surface area contributed by atoms with Crippen LogP contribution in [0, 0.1) is 0 Å². The van der Waals surface area contributed by atoms with Crippen LogP contribution in [0.4, 0.5) is 31.0 Å². The van der Waals surface area contributed by atoms with Gasteiger partial charge in [0.2, 0.25) is 0 Å². The molecule has 10 heteroatoms. The average Bonchev–Trinajstić information content (AvgIpc) is 2.29. The molecular formula is C8H12F7NO2. The van der Waals surface area contributed by atoms with Crippen molar-refractivity contribution in [2.24, 2.45) is 0 Å². The quantitative estimate of drug-likeness (QED) is 0.582. The summed E-state index contributed by atoms with van der Waals surface area (Å²) < 4.78 is 86.0. The molecule has 0 unspecified atom stereocenters. The molecule has 0 amide bonds. The number of ether oxygens (including phenoxy) is 2. The second kappa shape index (κ2) is 5.57. The zero-order valence-electron chi connectivity index (χ0n) is 9.27. The van der Waals surface area contributed by atoms with Crippen molar-refractivity contribution in [2.75, 3.05) is 33.4 Å². The second-order valence-electron chi connectivity index (χ2n) is 3.44. The monoisotopic (exact) mass is 287 g/mol. The third-order valence-corrected chi connectivity index (χ3v) is 2.41. The summed E-state index contributed by atoms with van der Waals surface area (Å²) in [7, 11) is 0.239. The van der Waals surface area contributed by atoms with E-state index in [0.717, 1.165) is 0 Å². The van der Waals surface area contributed by atoms with Crippen LogP contribution < -0.4 is 0 Å². The molecule has 1 saturated heterocycles. The van der Waals surface area contributed by atoms with Gasteiger partial charge >= 0.3 is 18.1 Å². The van der Waals surface area contributed by atoms with Gasteiger partial charge in [-0.2, -0.15) is 26.3 Å². The van der Waals surface area contributed by atoms with E-state index in [1.165, 1.54) is 0 Å². The van der Waals surface area contributed by atoms with E-state index in [1.807, 2.05) is 0 Å². The molecule has 0 aromatic carbocycles. The van der Waals surface area contributed by atoms with Crippen LogP contribution in [0.15, 0.2) is 0 Å². The highest BCUT2D eigenvalue weighted by Crippen LogP contribution is 2.47. The van der Waals surface area contributed by atoms with Crippen molar-refractivity contribution >= 4 is 0 Å². The molecule has 0 N–H and O–H groups in total. The van der Waals surface area contributed by atoms with Gasteiger partial charge in [-0.05, 0) is 0 Å². The van der Waals surface area contributed by atoms with Gasteiger partial charge in [-0.1, -0.05) is 0 Å². The van der Waals surface area contributed by atoms with E-state index in [0.29, 0.717) is 0 Å².